The number of anilines is 1. The fraction of sp³-hybridized carbons (Fsp3) is 0.211. The first-order chi connectivity index (χ1) is 24.4. The Morgan fingerprint density at radius 3 is 2.46 bits per heavy atom. The van der Waals surface area contributed by atoms with E-state index < -0.39 is 17.7 Å². The number of fused-ring (bicyclic) bond motifs is 1. The van der Waals surface area contributed by atoms with Crippen molar-refractivity contribution in [3.63, 3.8) is 0 Å². The Bertz CT molecular complexity index is 2060. The zero-order chi connectivity index (χ0) is 34.6. The molecule has 1 amide bonds. The van der Waals surface area contributed by atoms with Gasteiger partial charge in [-0.2, -0.15) is 0 Å². The Morgan fingerprint density at radius 2 is 1.68 bits per heavy atom. The largest absolute Gasteiger partial charge is 0.507 e. The first-order valence-corrected chi connectivity index (χ1v) is 17.9. The number of carbonyl (C=O) groups is 2. The summed E-state index contributed by atoms with van der Waals surface area (Å²) in [6.45, 7) is 5.32. The molecule has 1 N–H and O–H groups in total. The van der Waals surface area contributed by atoms with Crippen molar-refractivity contribution in [2.75, 3.05) is 24.7 Å². The Labute approximate surface area is 297 Å². The first-order valence-electron chi connectivity index (χ1n) is 16.1. The van der Waals surface area contributed by atoms with Crippen LogP contribution in [0.1, 0.15) is 40.8 Å². The van der Waals surface area contributed by atoms with E-state index in [4.69, 9.17) is 18.9 Å². The highest BCUT2D eigenvalue weighted by atomic mass is 32.2. The molecule has 2 aliphatic rings. The summed E-state index contributed by atoms with van der Waals surface area (Å²) in [6, 6.07) is 27.1. The molecule has 0 saturated carbocycles. The summed E-state index contributed by atoms with van der Waals surface area (Å²) >= 11 is 2.69. The number of aryl methyl sites for hydroxylation is 1. The van der Waals surface area contributed by atoms with E-state index in [9.17, 15) is 14.7 Å². The lowest BCUT2D eigenvalue weighted by molar-refractivity contribution is -0.132. The normalized spacial score (nSPS) is 16.4. The van der Waals surface area contributed by atoms with Crippen LogP contribution in [0.15, 0.2) is 101 Å². The van der Waals surface area contributed by atoms with Crippen molar-refractivity contribution < 1.29 is 33.6 Å². The van der Waals surface area contributed by atoms with Gasteiger partial charge >= 0.3 is 5.91 Å². The molecule has 50 heavy (non-hydrogen) atoms. The predicted molar refractivity (Wildman–Crippen MR) is 191 cm³/mol. The summed E-state index contributed by atoms with van der Waals surface area (Å²) in [7, 11) is 0. The van der Waals surface area contributed by atoms with Gasteiger partial charge in [0, 0.05) is 11.3 Å². The molecule has 1 fully saturated rings. The van der Waals surface area contributed by atoms with Crippen LogP contribution in [-0.2, 0) is 21.9 Å². The van der Waals surface area contributed by atoms with Crippen LogP contribution in [0.25, 0.3) is 5.76 Å². The quantitative estimate of drug-likeness (QED) is 0.0486. The number of Topliss-reactive ketones (excluding diaryl/α,β-unsaturated/α-hetero) is 1. The monoisotopic (exact) mass is 707 g/mol. The molecule has 1 aromatic heterocycles. The number of hydrogen-bond acceptors (Lipinski definition) is 11. The maximum absolute atomic E-state index is 13.9. The van der Waals surface area contributed by atoms with E-state index in [0.29, 0.717) is 70.6 Å². The van der Waals surface area contributed by atoms with E-state index >= 15 is 0 Å². The van der Waals surface area contributed by atoms with Crippen LogP contribution in [0, 0.1) is 6.92 Å². The third-order valence-electron chi connectivity index (χ3n) is 8.17. The molecule has 7 rings (SSSR count). The number of carbonyl (C=O) groups excluding carboxylic acids is 2. The van der Waals surface area contributed by atoms with Crippen molar-refractivity contribution in [2.45, 2.75) is 36.6 Å². The molecule has 12 heteroatoms. The molecule has 254 valence electrons. The van der Waals surface area contributed by atoms with Crippen LogP contribution < -0.4 is 23.8 Å². The molecule has 3 heterocycles. The molecule has 0 aliphatic carbocycles. The highest BCUT2D eigenvalue weighted by molar-refractivity contribution is 8.00. The first kappa shape index (κ1) is 33.2. The lowest BCUT2D eigenvalue weighted by atomic mass is 9.95. The van der Waals surface area contributed by atoms with E-state index in [0.717, 1.165) is 11.1 Å². The van der Waals surface area contributed by atoms with Gasteiger partial charge in [-0.3, -0.25) is 14.5 Å². The van der Waals surface area contributed by atoms with Crippen LogP contribution >= 0.6 is 23.1 Å². The zero-order valence-corrected chi connectivity index (χ0v) is 29.0. The van der Waals surface area contributed by atoms with E-state index in [-0.39, 0.29) is 16.5 Å². The molecule has 0 spiro atoms. The number of aliphatic hydroxyl groups excluding tert-OH is 1. The van der Waals surface area contributed by atoms with Gasteiger partial charge in [0.25, 0.3) is 5.78 Å². The van der Waals surface area contributed by atoms with Crippen LogP contribution in [0.4, 0.5) is 5.13 Å². The second-order valence-corrected chi connectivity index (χ2v) is 13.7. The summed E-state index contributed by atoms with van der Waals surface area (Å²) in [5.74, 6) is 0.506. The SMILES string of the molecule is CCOc1cc([C@H]2C(=C(O)c3ccc4c(c3)OCCO4)C(=O)C(=O)N2c2nnc(SCc3ccc(C)cc3)s2)ccc1OCc1ccccc1. The van der Waals surface area contributed by atoms with Crippen molar-refractivity contribution >= 4 is 45.7 Å². The summed E-state index contributed by atoms with van der Waals surface area (Å²) in [6.07, 6.45) is 0. The lowest BCUT2D eigenvalue weighted by Gasteiger charge is -2.24. The van der Waals surface area contributed by atoms with E-state index in [1.807, 2.05) is 44.2 Å². The molecule has 1 atom stereocenters. The maximum atomic E-state index is 13.9. The fourth-order valence-corrected chi connectivity index (χ4v) is 7.52. The van der Waals surface area contributed by atoms with Crippen molar-refractivity contribution in [2.24, 2.45) is 0 Å². The minimum atomic E-state index is -1.05. The van der Waals surface area contributed by atoms with Crippen LogP contribution in [0.3, 0.4) is 0 Å². The average Bonchev–Trinajstić information content (AvgIpc) is 3.72. The van der Waals surface area contributed by atoms with Gasteiger partial charge in [0.05, 0.1) is 18.2 Å². The van der Waals surface area contributed by atoms with Crippen LogP contribution in [0.2, 0.25) is 0 Å². The van der Waals surface area contributed by atoms with Gasteiger partial charge in [-0.05, 0) is 60.9 Å². The molecule has 1 saturated heterocycles. The number of amides is 1. The highest BCUT2D eigenvalue weighted by Crippen LogP contribution is 2.46. The number of ether oxygens (including phenoxy) is 4. The predicted octanol–water partition coefficient (Wildman–Crippen LogP) is 7.51. The van der Waals surface area contributed by atoms with Gasteiger partial charge in [0.15, 0.2) is 27.3 Å². The van der Waals surface area contributed by atoms with Gasteiger partial charge in [-0.15, -0.1) is 10.2 Å². The molecule has 10 nitrogen and oxygen atoms in total. The van der Waals surface area contributed by atoms with E-state index in [1.54, 1.807) is 36.4 Å². The average molecular weight is 708 g/mol. The Kier molecular flexibility index (Phi) is 9.72. The molecular weight excluding hydrogens is 675 g/mol. The topological polar surface area (TPSA) is 120 Å². The number of nitrogens with zero attached hydrogens (tertiary/aromatic N) is 3. The standard InChI is InChI=1S/C38H33N3O7S2/c1-3-45-30-19-26(13-15-29(30)48-21-24-7-5-4-6-8-24)33-32(34(42)27-14-16-28-31(20-27)47-18-17-46-28)35(43)36(44)41(33)37-39-40-38(50-37)49-22-25-11-9-23(2)10-12-25/h4-16,19-20,33,42H,3,17-18,21-22H2,1-2H3/t33-/m0/s1. The number of benzene rings is 4. The number of aliphatic hydroxyl groups is 1. The molecular formula is C38H33N3O7S2. The molecule has 4 aromatic carbocycles. The van der Waals surface area contributed by atoms with Gasteiger partial charge in [-0.25, -0.2) is 0 Å². The summed E-state index contributed by atoms with van der Waals surface area (Å²) < 4.78 is 24.1. The second kappa shape index (κ2) is 14.7. The third kappa shape index (κ3) is 6.89. The minimum absolute atomic E-state index is 0.101. The van der Waals surface area contributed by atoms with Crippen LogP contribution in [-0.4, -0.2) is 46.8 Å². The molecule has 0 bridgehead atoms. The number of ketones is 1. The maximum Gasteiger partial charge on any atom is 0.301 e. The third-order valence-corrected chi connectivity index (χ3v) is 10.3. The Morgan fingerprint density at radius 1 is 0.900 bits per heavy atom. The van der Waals surface area contributed by atoms with E-state index in [2.05, 4.69) is 34.5 Å². The van der Waals surface area contributed by atoms with Gasteiger partial charge in [0.1, 0.15) is 25.6 Å². The minimum Gasteiger partial charge on any atom is -0.507 e. The molecule has 2 aliphatic heterocycles. The second-order valence-electron chi connectivity index (χ2n) is 11.6. The summed E-state index contributed by atoms with van der Waals surface area (Å²) in [4.78, 5) is 29.1. The molecule has 0 unspecified atom stereocenters. The van der Waals surface area contributed by atoms with Crippen molar-refractivity contribution in [1.82, 2.24) is 10.2 Å². The smallest absolute Gasteiger partial charge is 0.301 e. The molecule has 0 radical (unpaired) electrons. The summed E-state index contributed by atoms with van der Waals surface area (Å²) in [5.41, 5.74) is 4.00. The number of hydrogen-bond donors (Lipinski definition) is 1. The van der Waals surface area contributed by atoms with Gasteiger partial charge in [0.2, 0.25) is 5.13 Å². The molecule has 5 aromatic rings. The number of rotatable bonds is 11. The Hall–Kier alpha value is -5.33. The van der Waals surface area contributed by atoms with Gasteiger partial charge < -0.3 is 24.1 Å². The van der Waals surface area contributed by atoms with Gasteiger partial charge in [-0.1, -0.05) is 89.3 Å². The highest BCUT2D eigenvalue weighted by Gasteiger charge is 2.48. The fourth-order valence-electron chi connectivity index (χ4n) is 5.70. The van der Waals surface area contributed by atoms with Crippen molar-refractivity contribution in [3.8, 4) is 23.0 Å². The summed E-state index contributed by atoms with van der Waals surface area (Å²) in [5, 5.41) is 20.7. The lowest BCUT2D eigenvalue weighted by Crippen LogP contribution is -2.29. The number of thioether (sulfide) groups is 1. The van der Waals surface area contributed by atoms with E-state index in [1.165, 1.54) is 33.6 Å². The Balaban J connectivity index is 1.28. The zero-order valence-electron chi connectivity index (χ0n) is 27.3. The van der Waals surface area contributed by atoms with Crippen LogP contribution in [0.5, 0.6) is 23.0 Å². The van der Waals surface area contributed by atoms with Crippen molar-refractivity contribution in [3.05, 3.63) is 124 Å². The van der Waals surface area contributed by atoms with Crippen molar-refractivity contribution in [1.29, 1.82) is 0 Å². The number of aromatic nitrogens is 2.